The van der Waals surface area contributed by atoms with Gasteiger partial charge >= 0.3 is 6.05 Å². The molecule has 0 aromatic heterocycles. The van der Waals surface area contributed by atoms with Gasteiger partial charge in [-0.25, -0.2) is 0 Å². The van der Waals surface area contributed by atoms with Gasteiger partial charge in [-0.1, -0.05) is 12.8 Å². The van der Waals surface area contributed by atoms with Gasteiger partial charge in [0, 0.05) is 5.92 Å². The molecule has 9 heavy (non-hydrogen) atoms. The van der Waals surface area contributed by atoms with Crippen molar-refractivity contribution in [1.29, 1.82) is 0 Å². The number of rotatable bonds is 1. The summed E-state index contributed by atoms with van der Waals surface area (Å²) in [6.45, 7) is 0. The monoisotopic (exact) mass is 135 g/mol. The largest absolute Gasteiger partial charge is 0.302 e. The lowest BCUT2D eigenvalue weighted by Gasteiger charge is -2.16. The molecule has 0 aromatic rings. The second kappa shape index (κ2) is 2.21. The second-order valence-electron chi connectivity index (χ2n) is 2.66. The van der Waals surface area contributed by atoms with Crippen molar-refractivity contribution in [2.24, 2.45) is 11.7 Å². The van der Waals surface area contributed by atoms with Crippen molar-refractivity contribution in [3.8, 4) is 0 Å². The molecule has 1 rings (SSSR count). The van der Waals surface area contributed by atoms with E-state index in [0.717, 1.165) is 12.8 Å². The maximum absolute atomic E-state index is 12.2. The Bertz CT molecular complexity index is 91.7. The highest BCUT2D eigenvalue weighted by atomic mass is 19.3. The molecule has 2 N–H and O–H groups in total. The van der Waals surface area contributed by atoms with Gasteiger partial charge in [0.1, 0.15) is 0 Å². The van der Waals surface area contributed by atoms with E-state index in [1.54, 1.807) is 0 Å². The van der Waals surface area contributed by atoms with Crippen LogP contribution < -0.4 is 5.73 Å². The smallest absolute Gasteiger partial charge is 0.272 e. The van der Waals surface area contributed by atoms with Crippen molar-refractivity contribution in [3.63, 3.8) is 0 Å². The molecule has 0 radical (unpaired) electrons. The first-order valence-electron chi connectivity index (χ1n) is 3.27. The SMILES string of the molecule is NC(F)(F)C1CCCC1. The molecule has 0 aliphatic heterocycles. The quantitative estimate of drug-likeness (QED) is 0.544. The molecule has 0 heterocycles. The summed E-state index contributed by atoms with van der Waals surface area (Å²) >= 11 is 0. The molecular weight excluding hydrogens is 124 g/mol. The third kappa shape index (κ3) is 1.61. The lowest BCUT2D eigenvalue weighted by molar-refractivity contribution is -0.0493. The van der Waals surface area contributed by atoms with Crippen molar-refractivity contribution >= 4 is 0 Å². The molecule has 54 valence electrons. The maximum atomic E-state index is 12.2. The van der Waals surface area contributed by atoms with Crippen LogP contribution in [0.2, 0.25) is 0 Å². The Balaban J connectivity index is 2.42. The minimum absolute atomic E-state index is 0.544. The van der Waals surface area contributed by atoms with Gasteiger partial charge in [-0.05, 0) is 12.8 Å². The first-order chi connectivity index (χ1) is 4.11. The summed E-state index contributed by atoms with van der Waals surface area (Å²) < 4.78 is 24.4. The topological polar surface area (TPSA) is 26.0 Å². The van der Waals surface area contributed by atoms with Crippen molar-refractivity contribution in [3.05, 3.63) is 0 Å². The second-order valence-corrected chi connectivity index (χ2v) is 2.66. The number of hydrogen-bond acceptors (Lipinski definition) is 1. The first kappa shape index (κ1) is 6.93. The summed E-state index contributed by atoms with van der Waals surface area (Å²) in [6, 6.07) is -2.92. The van der Waals surface area contributed by atoms with E-state index in [0.29, 0.717) is 12.8 Å². The number of hydrogen-bond donors (Lipinski definition) is 1. The highest BCUT2D eigenvalue weighted by Crippen LogP contribution is 2.33. The summed E-state index contributed by atoms with van der Waals surface area (Å²) in [7, 11) is 0. The fourth-order valence-corrected chi connectivity index (χ4v) is 1.31. The molecule has 1 saturated carbocycles. The minimum atomic E-state index is -2.92. The molecule has 3 heteroatoms. The lowest BCUT2D eigenvalue weighted by Crippen LogP contribution is -2.36. The fourth-order valence-electron chi connectivity index (χ4n) is 1.31. The molecule has 1 nitrogen and oxygen atoms in total. The van der Waals surface area contributed by atoms with Gasteiger partial charge in [-0.3, -0.25) is 5.73 Å². The highest BCUT2D eigenvalue weighted by Gasteiger charge is 2.36. The van der Waals surface area contributed by atoms with Crippen molar-refractivity contribution in [2.75, 3.05) is 0 Å². The van der Waals surface area contributed by atoms with E-state index in [2.05, 4.69) is 5.73 Å². The van der Waals surface area contributed by atoms with Gasteiger partial charge in [-0.2, -0.15) is 8.78 Å². The average molecular weight is 135 g/mol. The molecule has 1 aliphatic rings. The molecular formula is C6H11F2N. The minimum Gasteiger partial charge on any atom is -0.272 e. The zero-order valence-electron chi connectivity index (χ0n) is 5.24. The number of halogens is 2. The number of nitrogens with two attached hydrogens (primary N) is 1. The summed E-state index contributed by atoms with van der Waals surface area (Å²) in [4.78, 5) is 0. The summed E-state index contributed by atoms with van der Waals surface area (Å²) in [6.07, 6.45) is 3.03. The molecule has 0 amide bonds. The fraction of sp³-hybridized carbons (Fsp3) is 1.00. The Kier molecular flexibility index (Phi) is 1.70. The molecule has 0 spiro atoms. The highest BCUT2D eigenvalue weighted by molar-refractivity contribution is 4.76. The number of alkyl halides is 2. The van der Waals surface area contributed by atoms with Crippen molar-refractivity contribution < 1.29 is 8.78 Å². The van der Waals surface area contributed by atoms with Crippen LogP contribution in [0, 0.1) is 5.92 Å². The molecule has 1 aliphatic carbocycles. The first-order valence-corrected chi connectivity index (χ1v) is 3.27. The van der Waals surface area contributed by atoms with Gasteiger partial charge in [0.05, 0.1) is 0 Å². The van der Waals surface area contributed by atoms with Gasteiger partial charge in [0.25, 0.3) is 0 Å². The third-order valence-electron chi connectivity index (χ3n) is 1.90. The van der Waals surface area contributed by atoms with Crippen molar-refractivity contribution in [2.45, 2.75) is 31.7 Å². The Hall–Kier alpha value is -0.180. The van der Waals surface area contributed by atoms with Gasteiger partial charge in [0.15, 0.2) is 0 Å². The molecule has 0 aromatic carbocycles. The third-order valence-corrected chi connectivity index (χ3v) is 1.90. The van der Waals surface area contributed by atoms with Gasteiger partial charge in [0.2, 0.25) is 0 Å². The van der Waals surface area contributed by atoms with E-state index in [-0.39, 0.29) is 0 Å². The van der Waals surface area contributed by atoms with Crippen LogP contribution in [-0.4, -0.2) is 6.05 Å². The van der Waals surface area contributed by atoms with E-state index < -0.39 is 12.0 Å². The Morgan fingerprint density at radius 3 is 1.89 bits per heavy atom. The Morgan fingerprint density at radius 2 is 1.67 bits per heavy atom. The van der Waals surface area contributed by atoms with Crippen LogP contribution in [0.5, 0.6) is 0 Å². The normalized spacial score (nSPS) is 23.0. The van der Waals surface area contributed by atoms with Crippen LogP contribution in [0.15, 0.2) is 0 Å². The van der Waals surface area contributed by atoms with Gasteiger partial charge < -0.3 is 0 Å². The predicted octanol–water partition coefficient (Wildman–Crippen LogP) is 1.73. The molecule has 1 fully saturated rings. The molecule has 0 atom stereocenters. The zero-order chi connectivity index (χ0) is 6.91. The Morgan fingerprint density at radius 1 is 1.22 bits per heavy atom. The van der Waals surface area contributed by atoms with E-state index >= 15 is 0 Å². The lowest BCUT2D eigenvalue weighted by atomic mass is 10.1. The summed E-state index contributed by atoms with van der Waals surface area (Å²) in [5, 5.41) is 0. The van der Waals surface area contributed by atoms with Gasteiger partial charge in [-0.15, -0.1) is 0 Å². The van der Waals surface area contributed by atoms with E-state index in [1.165, 1.54) is 0 Å². The summed E-state index contributed by atoms with van der Waals surface area (Å²) in [5.74, 6) is -0.544. The average Bonchev–Trinajstić information content (AvgIpc) is 2.08. The predicted molar refractivity (Wildman–Crippen MR) is 31.1 cm³/mol. The standard InChI is InChI=1S/C6H11F2N/c7-6(8,9)5-3-1-2-4-5/h5H,1-4,9H2. The molecule has 0 unspecified atom stereocenters. The Labute approximate surface area is 53.2 Å². The molecule has 0 saturated heterocycles. The maximum Gasteiger partial charge on any atom is 0.302 e. The van der Waals surface area contributed by atoms with Crippen LogP contribution >= 0.6 is 0 Å². The molecule has 0 bridgehead atoms. The van der Waals surface area contributed by atoms with E-state index in [4.69, 9.17) is 0 Å². The van der Waals surface area contributed by atoms with Crippen LogP contribution in [0.4, 0.5) is 8.78 Å². The summed E-state index contributed by atoms with van der Waals surface area (Å²) in [5.41, 5.74) is 4.61. The zero-order valence-corrected chi connectivity index (χ0v) is 5.24. The van der Waals surface area contributed by atoms with E-state index in [1.807, 2.05) is 0 Å². The van der Waals surface area contributed by atoms with Crippen LogP contribution in [-0.2, 0) is 0 Å². The van der Waals surface area contributed by atoms with Crippen LogP contribution in [0.25, 0.3) is 0 Å². The van der Waals surface area contributed by atoms with Crippen LogP contribution in [0.3, 0.4) is 0 Å². The van der Waals surface area contributed by atoms with Crippen LogP contribution in [0.1, 0.15) is 25.7 Å². The van der Waals surface area contributed by atoms with E-state index in [9.17, 15) is 8.78 Å². The van der Waals surface area contributed by atoms with Crippen molar-refractivity contribution in [1.82, 2.24) is 0 Å².